The number of piperidine rings is 1. The van der Waals surface area contributed by atoms with Gasteiger partial charge in [0.05, 0.1) is 10.2 Å². The Labute approximate surface area is 121 Å². The summed E-state index contributed by atoms with van der Waals surface area (Å²) in [7, 11) is 0. The van der Waals surface area contributed by atoms with E-state index in [1.165, 1.54) is 6.07 Å². The molecule has 2 unspecified atom stereocenters. The summed E-state index contributed by atoms with van der Waals surface area (Å²) >= 11 is 3.12. The summed E-state index contributed by atoms with van der Waals surface area (Å²) in [5.41, 5.74) is 0.482. The quantitative estimate of drug-likeness (QED) is 0.849. The van der Waals surface area contributed by atoms with Crippen molar-refractivity contribution in [1.29, 1.82) is 0 Å². The lowest BCUT2D eigenvalue weighted by molar-refractivity contribution is 0.371. The molecule has 0 bridgehead atoms. The maximum atomic E-state index is 13.9. The summed E-state index contributed by atoms with van der Waals surface area (Å²) in [5, 5.41) is 3.43. The van der Waals surface area contributed by atoms with Crippen LogP contribution in [0.15, 0.2) is 16.6 Å². The van der Waals surface area contributed by atoms with Crippen molar-refractivity contribution >= 4 is 21.6 Å². The van der Waals surface area contributed by atoms with Gasteiger partial charge >= 0.3 is 0 Å². The van der Waals surface area contributed by atoms with Crippen LogP contribution in [-0.2, 0) is 0 Å². The van der Waals surface area contributed by atoms with Crippen LogP contribution in [0.5, 0.6) is 0 Å². The Hall–Kier alpha value is -0.680. The van der Waals surface area contributed by atoms with Crippen LogP contribution in [0.1, 0.15) is 26.7 Å². The van der Waals surface area contributed by atoms with E-state index in [1.807, 2.05) is 4.90 Å². The molecule has 19 heavy (non-hydrogen) atoms. The third-order valence-electron chi connectivity index (χ3n) is 3.67. The predicted octanol–water partition coefficient (Wildman–Crippen LogP) is 3.69. The van der Waals surface area contributed by atoms with Crippen LogP contribution >= 0.6 is 15.9 Å². The fraction of sp³-hybridized carbons (Fsp3) is 0.571. The van der Waals surface area contributed by atoms with E-state index in [1.54, 1.807) is 0 Å². The first-order valence-electron chi connectivity index (χ1n) is 6.67. The second-order valence-electron chi connectivity index (χ2n) is 5.04. The summed E-state index contributed by atoms with van der Waals surface area (Å²) in [6, 6.07) is 3.21. The van der Waals surface area contributed by atoms with Crippen LogP contribution in [0.4, 0.5) is 14.5 Å². The molecule has 106 valence electrons. The molecule has 5 heteroatoms. The SMILES string of the molecule is CCNC1CCN(c2cc(Br)c(F)cc2F)C(C)C1. The largest absolute Gasteiger partial charge is 0.366 e. The zero-order chi connectivity index (χ0) is 14.0. The van der Waals surface area contributed by atoms with E-state index in [2.05, 4.69) is 35.1 Å². The van der Waals surface area contributed by atoms with Gasteiger partial charge in [-0.25, -0.2) is 8.78 Å². The van der Waals surface area contributed by atoms with Gasteiger partial charge in [0.1, 0.15) is 11.6 Å². The number of hydrogen-bond acceptors (Lipinski definition) is 2. The Bertz CT molecular complexity index is 453. The van der Waals surface area contributed by atoms with Gasteiger partial charge in [-0.2, -0.15) is 0 Å². The van der Waals surface area contributed by atoms with Crippen molar-refractivity contribution in [2.45, 2.75) is 38.8 Å². The van der Waals surface area contributed by atoms with Crippen molar-refractivity contribution in [2.24, 2.45) is 0 Å². The number of nitrogens with one attached hydrogen (secondary N) is 1. The number of benzene rings is 1. The minimum absolute atomic E-state index is 0.240. The minimum atomic E-state index is -0.559. The van der Waals surface area contributed by atoms with E-state index in [9.17, 15) is 8.78 Å². The Kier molecular flexibility index (Phi) is 4.79. The van der Waals surface area contributed by atoms with Gasteiger partial charge in [0.2, 0.25) is 0 Å². The number of rotatable bonds is 3. The first kappa shape index (κ1) is 14.7. The molecule has 0 saturated carbocycles. The van der Waals surface area contributed by atoms with Gasteiger partial charge in [0.15, 0.2) is 0 Å². The topological polar surface area (TPSA) is 15.3 Å². The van der Waals surface area contributed by atoms with Crippen molar-refractivity contribution < 1.29 is 8.78 Å². The lowest BCUT2D eigenvalue weighted by Crippen LogP contribution is -2.47. The zero-order valence-electron chi connectivity index (χ0n) is 11.2. The molecule has 2 rings (SSSR count). The Morgan fingerprint density at radius 3 is 2.74 bits per heavy atom. The molecule has 0 aliphatic carbocycles. The maximum Gasteiger partial charge on any atom is 0.149 e. The Balaban J connectivity index is 2.17. The van der Waals surface area contributed by atoms with Crippen molar-refractivity contribution in [2.75, 3.05) is 18.0 Å². The van der Waals surface area contributed by atoms with Crippen molar-refractivity contribution in [1.82, 2.24) is 5.32 Å². The number of hydrogen-bond donors (Lipinski definition) is 1. The van der Waals surface area contributed by atoms with Crippen LogP contribution < -0.4 is 10.2 Å². The molecule has 2 atom stereocenters. The average Bonchev–Trinajstić information content (AvgIpc) is 2.35. The second-order valence-corrected chi connectivity index (χ2v) is 5.89. The molecule has 0 amide bonds. The molecule has 1 aromatic carbocycles. The summed E-state index contributed by atoms with van der Waals surface area (Å²) in [6.07, 6.45) is 1.95. The number of anilines is 1. The van der Waals surface area contributed by atoms with E-state index < -0.39 is 11.6 Å². The first-order chi connectivity index (χ1) is 9.02. The standard InChI is InChI=1S/C14H19BrF2N2/c1-3-18-10-4-5-19(9(2)6-10)14-7-11(15)12(16)8-13(14)17/h7-10,18H,3-6H2,1-2H3. The summed E-state index contributed by atoms with van der Waals surface area (Å²) in [5.74, 6) is -1.05. The van der Waals surface area contributed by atoms with Gasteiger partial charge in [-0.05, 0) is 48.3 Å². The van der Waals surface area contributed by atoms with Crippen LogP contribution in [0.3, 0.4) is 0 Å². The number of halogens is 3. The van der Waals surface area contributed by atoms with Crippen LogP contribution in [0, 0.1) is 11.6 Å². The van der Waals surface area contributed by atoms with Gasteiger partial charge in [-0.3, -0.25) is 0 Å². The Morgan fingerprint density at radius 2 is 2.11 bits per heavy atom. The maximum absolute atomic E-state index is 13.9. The van der Waals surface area contributed by atoms with Crippen LogP contribution in [0.2, 0.25) is 0 Å². The first-order valence-corrected chi connectivity index (χ1v) is 7.46. The number of nitrogens with zero attached hydrogens (tertiary/aromatic N) is 1. The Morgan fingerprint density at radius 1 is 1.37 bits per heavy atom. The normalized spacial score (nSPS) is 23.7. The van der Waals surface area contributed by atoms with E-state index in [0.717, 1.165) is 32.0 Å². The summed E-state index contributed by atoms with van der Waals surface area (Å²) in [4.78, 5) is 2.02. The highest BCUT2D eigenvalue weighted by Gasteiger charge is 2.27. The molecule has 1 fully saturated rings. The van der Waals surface area contributed by atoms with Gasteiger partial charge in [-0.1, -0.05) is 6.92 Å². The molecule has 0 spiro atoms. The van der Waals surface area contributed by atoms with Gasteiger partial charge in [0.25, 0.3) is 0 Å². The summed E-state index contributed by atoms with van der Waals surface area (Å²) < 4.78 is 27.5. The lowest BCUT2D eigenvalue weighted by atomic mass is 9.97. The molecular formula is C14H19BrF2N2. The molecule has 1 aliphatic heterocycles. The minimum Gasteiger partial charge on any atom is -0.366 e. The average molecular weight is 333 g/mol. The fourth-order valence-corrected chi connectivity index (χ4v) is 3.07. The molecule has 1 aliphatic rings. The summed E-state index contributed by atoms with van der Waals surface area (Å²) in [6.45, 7) is 5.91. The van der Waals surface area contributed by atoms with Gasteiger partial charge in [-0.15, -0.1) is 0 Å². The van der Waals surface area contributed by atoms with Crippen LogP contribution in [-0.4, -0.2) is 25.2 Å². The van der Waals surface area contributed by atoms with Crippen molar-refractivity contribution in [3.8, 4) is 0 Å². The third kappa shape index (κ3) is 3.26. The van der Waals surface area contributed by atoms with E-state index in [0.29, 0.717) is 16.2 Å². The van der Waals surface area contributed by atoms with Crippen LogP contribution in [0.25, 0.3) is 0 Å². The molecule has 2 nitrogen and oxygen atoms in total. The smallest absolute Gasteiger partial charge is 0.149 e. The molecule has 0 radical (unpaired) electrons. The van der Waals surface area contributed by atoms with E-state index in [-0.39, 0.29) is 6.04 Å². The van der Waals surface area contributed by atoms with Gasteiger partial charge in [0, 0.05) is 24.7 Å². The fourth-order valence-electron chi connectivity index (χ4n) is 2.74. The molecule has 1 N–H and O–H groups in total. The molecular weight excluding hydrogens is 314 g/mol. The van der Waals surface area contributed by atoms with Crippen molar-refractivity contribution in [3.05, 3.63) is 28.2 Å². The lowest BCUT2D eigenvalue weighted by Gasteiger charge is -2.39. The van der Waals surface area contributed by atoms with Gasteiger partial charge < -0.3 is 10.2 Å². The molecule has 0 aromatic heterocycles. The molecule has 1 heterocycles. The monoisotopic (exact) mass is 332 g/mol. The molecule has 1 aromatic rings. The van der Waals surface area contributed by atoms with Crippen molar-refractivity contribution in [3.63, 3.8) is 0 Å². The highest BCUT2D eigenvalue weighted by Crippen LogP contribution is 2.31. The predicted molar refractivity (Wildman–Crippen MR) is 77.6 cm³/mol. The van der Waals surface area contributed by atoms with E-state index >= 15 is 0 Å². The molecule has 1 saturated heterocycles. The van der Waals surface area contributed by atoms with E-state index in [4.69, 9.17) is 0 Å². The second kappa shape index (κ2) is 6.18. The highest BCUT2D eigenvalue weighted by molar-refractivity contribution is 9.10. The third-order valence-corrected chi connectivity index (χ3v) is 4.28. The highest BCUT2D eigenvalue weighted by atomic mass is 79.9. The zero-order valence-corrected chi connectivity index (χ0v) is 12.8.